The molecule has 2 aromatic rings. The summed E-state index contributed by atoms with van der Waals surface area (Å²) in [6, 6.07) is 6.02. The number of aromatic nitrogens is 1. The lowest BCUT2D eigenvalue weighted by Crippen LogP contribution is -2.07. The maximum Gasteiger partial charge on any atom is 0.269 e. The van der Waals surface area contributed by atoms with Gasteiger partial charge in [0.25, 0.3) is 5.69 Å². The van der Waals surface area contributed by atoms with Crippen LogP contribution in [0.4, 0.5) is 10.8 Å². The standard InChI is InChI=1S/C16H15N3O3S.ClH/c20-15(10-7-11-5-8-12(9-6-11)19(21)22)18-16-17-13-3-1-2-4-14(13)23-16;/h5-10H,1-4H2,(H,17,18,20);1H/b10-7+;. The van der Waals surface area contributed by atoms with E-state index < -0.39 is 4.92 Å². The molecule has 24 heavy (non-hydrogen) atoms. The predicted molar refractivity (Wildman–Crippen MR) is 96.8 cm³/mol. The second kappa shape index (κ2) is 8.03. The molecule has 0 radical (unpaired) electrons. The fourth-order valence-corrected chi connectivity index (χ4v) is 3.48. The van der Waals surface area contributed by atoms with Crippen molar-refractivity contribution in [2.75, 3.05) is 5.32 Å². The van der Waals surface area contributed by atoms with Gasteiger partial charge in [0.1, 0.15) is 0 Å². The normalized spacial score (nSPS) is 13.2. The second-order valence-corrected chi connectivity index (χ2v) is 6.35. The van der Waals surface area contributed by atoms with Gasteiger partial charge in [0, 0.05) is 23.1 Å². The second-order valence-electron chi connectivity index (χ2n) is 5.27. The molecule has 0 saturated heterocycles. The summed E-state index contributed by atoms with van der Waals surface area (Å²) in [6.07, 6.45) is 7.39. The molecule has 1 aliphatic rings. The molecule has 0 bridgehead atoms. The van der Waals surface area contributed by atoms with E-state index in [4.69, 9.17) is 0 Å². The lowest BCUT2D eigenvalue weighted by molar-refractivity contribution is -0.384. The maximum atomic E-state index is 11.9. The van der Waals surface area contributed by atoms with Crippen LogP contribution >= 0.6 is 23.7 Å². The fourth-order valence-electron chi connectivity index (χ4n) is 2.43. The van der Waals surface area contributed by atoms with Gasteiger partial charge >= 0.3 is 0 Å². The van der Waals surface area contributed by atoms with Crippen molar-refractivity contribution < 1.29 is 9.72 Å². The Labute approximate surface area is 149 Å². The molecule has 0 saturated carbocycles. The van der Waals surface area contributed by atoms with E-state index in [2.05, 4.69) is 10.3 Å². The summed E-state index contributed by atoms with van der Waals surface area (Å²) in [7, 11) is 0. The fraction of sp³-hybridized carbons (Fsp3) is 0.250. The number of benzene rings is 1. The molecule has 1 amide bonds. The molecule has 0 aliphatic heterocycles. The minimum absolute atomic E-state index is 0. The minimum atomic E-state index is -0.454. The third-order valence-electron chi connectivity index (χ3n) is 3.61. The summed E-state index contributed by atoms with van der Waals surface area (Å²) in [5.41, 5.74) is 1.86. The number of amides is 1. The first-order valence-corrected chi connectivity index (χ1v) is 8.15. The number of nitro benzene ring substituents is 1. The quantitative estimate of drug-likeness (QED) is 0.504. The van der Waals surface area contributed by atoms with E-state index in [1.165, 1.54) is 40.8 Å². The monoisotopic (exact) mass is 365 g/mol. The van der Waals surface area contributed by atoms with E-state index in [0.29, 0.717) is 5.13 Å². The minimum Gasteiger partial charge on any atom is -0.298 e. The van der Waals surface area contributed by atoms with Crippen molar-refractivity contribution in [3.8, 4) is 0 Å². The van der Waals surface area contributed by atoms with Crippen LogP contribution in [0.15, 0.2) is 30.3 Å². The summed E-state index contributed by atoms with van der Waals surface area (Å²) in [4.78, 5) is 27.8. The van der Waals surface area contributed by atoms with Crippen molar-refractivity contribution in [3.05, 3.63) is 56.6 Å². The maximum absolute atomic E-state index is 11.9. The van der Waals surface area contributed by atoms with Gasteiger partial charge in [-0.3, -0.25) is 20.2 Å². The highest BCUT2D eigenvalue weighted by Crippen LogP contribution is 2.29. The average Bonchev–Trinajstić information content (AvgIpc) is 2.95. The number of anilines is 1. The lowest BCUT2D eigenvalue weighted by Gasteiger charge is -2.06. The van der Waals surface area contributed by atoms with Crippen molar-refractivity contribution in [1.82, 2.24) is 4.98 Å². The third-order valence-corrected chi connectivity index (χ3v) is 4.68. The van der Waals surface area contributed by atoms with Crippen molar-refractivity contribution in [2.45, 2.75) is 25.7 Å². The van der Waals surface area contributed by atoms with Crippen LogP contribution in [-0.4, -0.2) is 15.8 Å². The van der Waals surface area contributed by atoms with Gasteiger partial charge in [-0.15, -0.1) is 23.7 Å². The highest BCUT2D eigenvalue weighted by Gasteiger charge is 2.15. The summed E-state index contributed by atoms with van der Waals surface area (Å²) in [5.74, 6) is -0.255. The number of fused-ring (bicyclic) bond motifs is 1. The van der Waals surface area contributed by atoms with E-state index in [-0.39, 0.29) is 24.0 Å². The molecule has 6 nitrogen and oxygen atoms in total. The van der Waals surface area contributed by atoms with Crippen molar-refractivity contribution in [3.63, 3.8) is 0 Å². The smallest absolute Gasteiger partial charge is 0.269 e. The molecule has 1 aliphatic carbocycles. The number of rotatable bonds is 4. The summed E-state index contributed by atoms with van der Waals surface area (Å²) in [5, 5.41) is 14.0. The number of nitro groups is 1. The molecule has 1 aromatic heterocycles. The third kappa shape index (κ3) is 4.39. The van der Waals surface area contributed by atoms with Gasteiger partial charge in [-0.1, -0.05) is 0 Å². The van der Waals surface area contributed by atoms with E-state index in [9.17, 15) is 14.9 Å². The molecule has 126 valence electrons. The van der Waals surface area contributed by atoms with Gasteiger partial charge in [0.2, 0.25) is 5.91 Å². The zero-order valence-corrected chi connectivity index (χ0v) is 14.4. The Morgan fingerprint density at radius 1 is 1.25 bits per heavy atom. The van der Waals surface area contributed by atoms with Crippen LogP contribution in [-0.2, 0) is 17.6 Å². The Morgan fingerprint density at radius 2 is 1.96 bits per heavy atom. The van der Waals surface area contributed by atoms with Crippen LogP contribution in [0.3, 0.4) is 0 Å². The number of non-ortho nitro benzene ring substituents is 1. The van der Waals surface area contributed by atoms with Gasteiger partial charge in [0.05, 0.1) is 10.6 Å². The van der Waals surface area contributed by atoms with Crippen LogP contribution < -0.4 is 5.32 Å². The lowest BCUT2D eigenvalue weighted by atomic mass is 10.0. The summed E-state index contributed by atoms with van der Waals surface area (Å²) < 4.78 is 0. The first-order valence-electron chi connectivity index (χ1n) is 7.34. The number of halogens is 1. The van der Waals surface area contributed by atoms with Crippen LogP contribution in [0.1, 0.15) is 29.0 Å². The zero-order valence-electron chi connectivity index (χ0n) is 12.7. The first kappa shape index (κ1) is 18.1. The highest BCUT2D eigenvalue weighted by molar-refractivity contribution is 7.15. The number of hydrogen-bond donors (Lipinski definition) is 1. The van der Waals surface area contributed by atoms with Gasteiger partial charge in [0.15, 0.2) is 5.13 Å². The number of thiazole rings is 1. The molecule has 1 heterocycles. The average molecular weight is 366 g/mol. The van der Waals surface area contributed by atoms with Gasteiger partial charge in [-0.25, -0.2) is 4.98 Å². The van der Waals surface area contributed by atoms with Gasteiger partial charge < -0.3 is 0 Å². The number of hydrogen-bond acceptors (Lipinski definition) is 5. The van der Waals surface area contributed by atoms with Crippen LogP contribution in [0, 0.1) is 10.1 Å². The Bertz CT molecular complexity index is 748. The highest BCUT2D eigenvalue weighted by atomic mass is 35.5. The Balaban J connectivity index is 0.00000208. The van der Waals surface area contributed by atoms with E-state index in [1.807, 2.05) is 0 Å². The molecule has 0 spiro atoms. The number of nitrogens with zero attached hydrogens (tertiary/aromatic N) is 2. The number of carbonyl (C=O) groups excluding carboxylic acids is 1. The molecule has 0 atom stereocenters. The zero-order chi connectivity index (χ0) is 16.2. The van der Waals surface area contributed by atoms with Gasteiger partial charge in [-0.2, -0.15) is 0 Å². The molecule has 8 heteroatoms. The topological polar surface area (TPSA) is 85.1 Å². The Kier molecular flexibility index (Phi) is 6.05. The molecule has 1 aromatic carbocycles. The molecule has 0 fully saturated rings. The Morgan fingerprint density at radius 3 is 2.62 bits per heavy atom. The summed E-state index contributed by atoms with van der Waals surface area (Å²) in [6.45, 7) is 0. The van der Waals surface area contributed by atoms with Gasteiger partial charge in [-0.05, 0) is 49.5 Å². The van der Waals surface area contributed by atoms with Crippen molar-refractivity contribution in [2.24, 2.45) is 0 Å². The number of aryl methyl sites for hydroxylation is 2. The van der Waals surface area contributed by atoms with Crippen molar-refractivity contribution >= 4 is 46.5 Å². The van der Waals surface area contributed by atoms with Crippen LogP contribution in [0.5, 0.6) is 0 Å². The molecule has 1 N–H and O–H groups in total. The molecule has 3 rings (SSSR count). The number of nitrogens with one attached hydrogen (secondary N) is 1. The van der Waals surface area contributed by atoms with E-state index in [0.717, 1.165) is 30.5 Å². The largest absolute Gasteiger partial charge is 0.298 e. The van der Waals surface area contributed by atoms with Crippen LogP contribution in [0.25, 0.3) is 6.08 Å². The molecular weight excluding hydrogens is 350 g/mol. The first-order chi connectivity index (χ1) is 11.1. The Hall–Kier alpha value is -2.25. The van der Waals surface area contributed by atoms with Crippen molar-refractivity contribution in [1.29, 1.82) is 0 Å². The molecule has 0 unspecified atom stereocenters. The molecular formula is C16H16ClN3O3S. The summed E-state index contributed by atoms with van der Waals surface area (Å²) >= 11 is 1.54. The predicted octanol–water partition coefficient (Wildman–Crippen LogP) is 4.00. The van der Waals surface area contributed by atoms with E-state index >= 15 is 0 Å². The van der Waals surface area contributed by atoms with Crippen LogP contribution in [0.2, 0.25) is 0 Å². The number of carbonyl (C=O) groups is 1. The SMILES string of the molecule is Cl.O=C(/C=C/c1ccc([N+](=O)[O-])cc1)Nc1nc2c(s1)CCCC2. The van der Waals surface area contributed by atoms with E-state index in [1.54, 1.807) is 18.2 Å².